The summed E-state index contributed by atoms with van der Waals surface area (Å²) in [5, 5.41) is 13.4. The van der Waals surface area contributed by atoms with Crippen molar-refractivity contribution in [2.75, 3.05) is 18.4 Å². The lowest BCUT2D eigenvalue weighted by Gasteiger charge is -2.31. The van der Waals surface area contributed by atoms with Gasteiger partial charge in [0.1, 0.15) is 0 Å². The van der Waals surface area contributed by atoms with Crippen LogP contribution in [0.1, 0.15) is 41.4 Å². The quantitative estimate of drug-likeness (QED) is 0.721. The third-order valence-electron chi connectivity index (χ3n) is 5.30. The van der Waals surface area contributed by atoms with Crippen LogP contribution in [0.15, 0.2) is 42.6 Å². The lowest BCUT2D eigenvalue weighted by molar-refractivity contribution is 0.0684. The van der Waals surface area contributed by atoms with Crippen molar-refractivity contribution in [3.8, 4) is 6.07 Å². The average Bonchev–Trinajstić information content (AvgIpc) is 2.73. The van der Waals surface area contributed by atoms with Gasteiger partial charge in [0.2, 0.25) is 0 Å². The lowest BCUT2D eigenvalue weighted by Crippen LogP contribution is -2.39. The van der Waals surface area contributed by atoms with Crippen LogP contribution in [0, 0.1) is 24.2 Å². The van der Waals surface area contributed by atoms with Crippen LogP contribution in [-0.2, 0) is 0 Å². The molecule has 1 fully saturated rings. The van der Waals surface area contributed by atoms with Gasteiger partial charge in [0, 0.05) is 36.1 Å². The fourth-order valence-electron chi connectivity index (χ4n) is 3.82. The van der Waals surface area contributed by atoms with Crippen LogP contribution in [-0.4, -0.2) is 33.9 Å². The Balaban J connectivity index is 1.81. The van der Waals surface area contributed by atoms with E-state index in [4.69, 9.17) is 0 Å². The van der Waals surface area contributed by atoms with Gasteiger partial charge in [-0.2, -0.15) is 5.26 Å². The molecule has 0 aliphatic carbocycles. The van der Waals surface area contributed by atoms with Crippen molar-refractivity contribution in [3.05, 3.63) is 59.4 Å². The highest BCUT2D eigenvalue weighted by molar-refractivity contribution is 6.07. The highest BCUT2D eigenvalue weighted by atomic mass is 16.2. The number of nitrogens with one attached hydrogen (secondary N) is 1. The normalized spacial score (nSPS) is 16.4. The van der Waals surface area contributed by atoms with Gasteiger partial charge < -0.3 is 10.2 Å². The molecule has 0 spiro atoms. The first-order valence-electron chi connectivity index (χ1n) is 9.88. The van der Waals surface area contributed by atoms with E-state index >= 15 is 0 Å². The van der Waals surface area contributed by atoms with E-state index in [-0.39, 0.29) is 5.91 Å². The standard InChI is InChI=1S/C23H23N5O/c1-15-5-4-10-28(14-15)23(29)20-13-25-22-19(9-8-16(2)26-22)21(20)27-18-7-3-6-17(11-18)12-24/h3,6-9,11,13,15H,4-5,10,14H2,1-2H3,(H,25,26,27)/t15-/m1/s1. The van der Waals surface area contributed by atoms with Gasteiger partial charge in [-0.1, -0.05) is 13.0 Å². The van der Waals surface area contributed by atoms with E-state index in [2.05, 4.69) is 28.3 Å². The molecule has 6 nitrogen and oxygen atoms in total. The fourth-order valence-corrected chi connectivity index (χ4v) is 3.82. The minimum atomic E-state index is -0.0227. The molecule has 1 aromatic carbocycles. The molecule has 1 amide bonds. The average molecular weight is 385 g/mol. The van der Waals surface area contributed by atoms with Crippen molar-refractivity contribution in [1.29, 1.82) is 5.26 Å². The van der Waals surface area contributed by atoms with Gasteiger partial charge in [0.05, 0.1) is 22.9 Å². The van der Waals surface area contributed by atoms with E-state index in [1.54, 1.807) is 18.3 Å². The van der Waals surface area contributed by atoms with E-state index in [0.29, 0.717) is 28.4 Å². The zero-order valence-electron chi connectivity index (χ0n) is 16.6. The van der Waals surface area contributed by atoms with Gasteiger partial charge in [-0.3, -0.25) is 4.79 Å². The summed E-state index contributed by atoms with van der Waals surface area (Å²) in [6.07, 6.45) is 3.78. The molecule has 2 aromatic heterocycles. The molecule has 3 aromatic rings. The first-order valence-corrected chi connectivity index (χ1v) is 9.88. The second-order valence-electron chi connectivity index (χ2n) is 7.69. The topological polar surface area (TPSA) is 81.9 Å². The number of hydrogen-bond donors (Lipinski definition) is 1. The summed E-state index contributed by atoms with van der Waals surface area (Å²) in [6.45, 7) is 5.61. The number of pyridine rings is 2. The summed E-state index contributed by atoms with van der Waals surface area (Å²) in [7, 11) is 0. The second-order valence-corrected chi connectivity index (χ2v) is 7.69. The highest BCUT2D eigenvalue weighted by Gasteiger charge is 2.25. The maximum Gasteiger partial charge on any atom is 0.257 e. The Morgan fingerprint density at radius 3 is 2.97 bits per heavy atom. The Labute approximate surface area is 170 Å². The van der Waals surface area contributed by atoms with E-state index < -0.39 is 0 Å². The molecular weight excluding hydrogens is 362 g/mol. The Bertz CT molecular complexity index is 1120. The Kier molecular flexibility index (Phi) is 5.13. The minimum absolute atomic E-state index is 0.0227. The molecule has 6 heteroatoms. The number of nitrogens with zero attached hydrogens (tertiary/aromatic N) is 4. The molecule has 1 N–H and O–H groups in total. The number of aryl methyl sites for hydroxylation is 1. The number of likely N-dealkylation sites (tertiary alicyclic amines) is 1. The predicted molar refractivity (Wildman–Crippen MR) is 113 cm³/mol. The maximum atomic E-state index is 13.4. The Hall–Kier alpha value is -3.46. The van der Waals surface area contributed by atoms with Crippen LogP contribution >= 0.6 is 0 Å². The third kappa shape index (κ3) is 3.90. The molecule has 0 saturated carbocycles. The zero-order valence-corrected chi connectivity index (χ0v) is 16.6. The number of nitriles is 1. The Morgan fingerprint density at radius 1 is 1.31 bits per heavy atom. The van der Waals surface area contributed by atoms with Gasteiger partial charge in [-0.15, -0.1) is 0 Å². The van der Waals surface area contributed by atoms with E-state index in [9.17, 15) is 10.1 Å². The lowest BCUT2D eigenvalue weighted by atomic mass is 9.99. The second kappa shape index (κ2) is 7.88. The van der Waals surface area contributed by atoms with Crippen LogP contribution in [0.3, 0.4) is 0 Å². The van der Waals surface area contributed by atoms with E-state index in [0.717, 1.165) is 42.7 Å². The number of carbonyl (C=O) groups is 1. The number of aromatic nitrogens is 2. The molecule has 29 heavy (non-hydrogen) atoms. The van der Waals surface area contributed by atoms with Crippen LogP contribution in [0.5, 0.6) is 0 Å². The molecule has 1 aliphatic rings. The van der Waals surface area contributed by atoms with Crippen LogP contribution in [0.4, 0.5) is 11.4 Å². The number of amides is 1. The van der Waals surface area contributed by atoms with Crippen molar-refractivity contribution < 1.29 is 4.79 Å². The zero-order chi connectivity index (χ0) is 20.4. The molecule has 1 aliphatic heterocycles. The minimum Gasteiger partial charge on any atom is -0.354 e. The molecule has 0 unspecified atom stereocenters. The van der Waals surface area contributed by atoms with Gasteiger partial charge in [0.15, 0.2) is 5.65 Å². The molecule has 0 radical (unpaired) electrons. The number of rotatable bonds is 3. The van der Waals surface area contributed by atoms with Gasteiger partial charge in [-0.05, 0) is 56.0 Å². The Morgan fingerprint density at radius 2 is 2.17 bits per heavy atom. The van der Waals surface area contributed by atoms with Crippen molar-refractivity contribution >= 4 is 28.3 Å². The molecule has 1 atom stereocenters. The summed E-state index contributed by atoms with van der Waals surface area (Å²) < 4.78 is 0. The summed E-state index contributed by atoms with van der Waals surface area (Å²) in [6, 6.07) is 13.2. The predicted octanol–water partition coefficient (Wildman–Crippen LogP) is 4.43. The number of benzene rings is 1. The molecule has 0 bridgehead atoms. The molecule has 4 rings (SSSR count). The van der Waals surface area contributed by atoms with Crippen LogP contribution < -0.4 is 5.32 Å². The monoisotopic (exact) mass is 385 g/mol. The summed E-state index contributed by atoms with van der Waals surface area (Å²) in [5.74, 6) is 0.472. The largest absolute Gasteiger partial charge is 0.354 e. The molecule has 146 valence electrons. The van der Waals surface area contributed by atoms with Crippen LogP contribution in [0.25, 0.3) is 11.0 Å². The number of hydrogen-bond acceptors (Lipinski definition) is 5. The fraction of sp³-hybridized carbons (Fsp3) is 0.304. The molecular formula is C23H23N5O. The number of fused-ring (bicyclic) bond motifs is 1. The van der Waals surface area contributed by atoms with E-state index in [1.165, 1.54) is 0 Å². The first kappa shape index (κ1) is 18.9. The summed E-state index contributed by atoms with van der Waals surface area (Å²) in [4.78, 5) is 24.2. The van der Waals surface area contributed by atoms with Gasteiger partial charge >= 0.3 is 0 Å². The summed E-state index contributed by atoms with van der Waals surface area (Å²) >= 11 is 0. The smallest absolute Gasteiger partial charge is 0.257 e. The first-order chi connectivity index (χ1) is 14.0. The van der Waals surface area contributed by atoms with E-state index in [1.807, 2.05) is 36.1 Å². The van der Waals surface area contributed by atoms with Crippen molar-refractivity contribution in [2.45, 2.75) is 26.7 Å². The summed E-state index contributed by atoms with van der Waals surface area (Å²) in [5.41, 5.74) is 3.97. The molecule has 1 saturated heterocycles. The maximum absolute atomic E-state index is 13.4. The van der Waals surface area contributed by atoms with Crippen LogP contribution in [0.2, 0.25) is 0 Å². The van der Waals surface area contributed by atoms with Crippen molar-refractivity contribution in [2.24, 2.45) is 5.92 Å². The van der Waals surface area contributed by atoms with Gasteiger partial charge in [0.25, 0.3) is 5.91 Å². The number of anilines is 2. The number of carbonyl (C=O) groups excluding carboxylic acids is 1. The van der Waals surface area contributed by atoms with Crippen molar-refractivity contribution in [3.63, 3.8) is 0 Å². The number of piperidine rings is 1. The molecule has 3 heterocycles. The van der Waals surface area contributed by atoms with Gasteiger partial charge in [-0.25, -0.2) is 9.97 Å². The highest BCUT2D eigenvalue weighted by Crippen LogP contribution is 2.31. The third-order valence-corrected chi connectivity index (χ3v) is 5.30. The van der Waals surface area contributed by atoms with Crippen molar-refractivity contribution in [1.82, 2.24) is 14.9 Å². The SMILES string of the molecule is Cc1ccc2c(Nc3cccc(C#N)c3)c(C(=O)N3CCC[C@@H](C)C3)cnc2n1.